The molecule has 2 saturated heterocycles. The molecule has 0 bridgehead atoms. The van der Waals surface area contributed by atoms with Gasteiger partial charge in [0, 0.05) is 25.7 Å². The van der Waals surface area contributed by atoms with Gasteiger partial charge in [-0.1, -0.05) is 0 Å². The molecule has 1 N–H and O–H groups in total. The molecule has 5 nitrogen and oxygen atoms in total. The van der Waals surface area contributed by atoms with Crippen molar-refractivity contribution in [1.29, 1.82) is 0 Å². The molecule has 5 heteroatoms. The standard InChI is InChI=1S/C13H23N3O2/c1-10(2)14-13(18)16-9-5-6-11(16)12(17)15-7-3-4-8-15/h10-11H,3-9H2,1-2H3,(H,14,18)/t11-/m1/s1. The highest BCUT2D eigenvalue weighted by Gasteiger charge is 2.37. The topological polar surface area (TPSA) is 52.7 Å². The third kappa shape index (κ3) is 2.76. The molecule has 0 spiro atoms. The molecule has 2 aliphatic rings. The number of urea groups is 1. The van der Waals surface area contributed by atoms with E-state index >= 15 is 0 Å². The third-order valence-corrected chi connectivity index (χ3v) is 3.63. The molecule has 0 aliphatic carbocycles. The van der Waals surface area contributed by atoms with Crippen molar-refractivity contribution in [3.63, 3.8) is 0 Å². The summed E-state index contributed by atoms with van der Waals surface area (Å²) >= 11 is 0. The van der Waals surface area contributed by atoms with Crippen LogP contribution in [-0.2, 0) is 4.79 Å². The molecule has 2 aliphatic heterocycles. The van der Waals surface area contributed by atoms with E-state index in [1.807, 2.05) is 18.7 Å². The highest BCUT2D eigenvalue weighted by molar-refractivity contribution is 5.87. The zero-order chi connectivity index (χ0) is 13.1. The van der Waals surface area contributed by atoms with Gasteiger partial charge < -0.3 is 15.1 Å². The normalized spacial score (nSPS) is 23.8. The largest absolute Gasteiger partial charge is 0.341 e. The van der Waals surface area contributed by atoms with Crippen LogP contribution in [0.25, 0.3) is 0 Å². The number of nitrogens with zero attached hydrogens (tertiary/aromatic N) is 2. The Kier molecular flexibility index (Phi) is 4.09. The van der Waals surface area contributed by atoms with E-state index in [2.05, 4.69) is 5.32 Å². The lowest BCUT2D eigenvalue weighted by molar-refractivity contribution is -0.134. The lowest BCUT2D eigenvalue weighted by Gasteiger charge is -2.28. The first-order chi connectivity index (χ1) is 8.59. The Labute approximate surface area is 108 Å². The van der Waals surface area contributed by atoms with Gasteiger partial charge in [-0.05, 0) is 39.5 Å². The molecule has 102 valence electrons. The highest BCUT2D eigenvalue weighted by atomic mass is 16.2. The number of rotatable bonds is 2. The van der Waals surface area contributed by atoms with Gasteiger partial charge >= 0.3 is 6.03 Å². The second kappa shape index (κ2) is 5.59. The zero-order valence-electron chi connectivity index (χ0n) is 11.3. The number of carbonyl (C=O) groups excluding carboxylic acids is 2. The first-order valence-corrected chi connectivity index (χ1v) is 6.95. The Hall–Kier alpha value is -1.26. The van der Waals surface area contributed by atoms with Crippen molar-refractivity contribution in [2.75, 3.05) is 19.6 Å². The Bertz CT molecular complexity index is 324. The molecule has 2 heterocycles. The van der Waals surface area contributed by atoms with Crippen molar-refractivity contribution in [2.24, 2.45) is 0 Å². The van der Waals surface area contributed by atoms with E-state index in [1.165, 1.54) is 0 Å². The number of nitrogens with one attached hydrogen (secondary N) is 1. The van der Waals surface area contributed by atoms with E-state index in [1.54, 1.807) is 4.90 Å². The molecule has 0 aromatic heterocycles. The fourth-order valence-electron chi connectivity index (χ4n) is 2.74. The summed E-state index contributed by atoms with van der Waals surface area (Å²) in [6.07, 6.45) is 3.92. The molecule has 0 unspecified atom stereocenters. The molecule has 0 saturated carbocycles. The molecule has 3 amide bonds. The second-order valence-corrected chi connectivity index (χ2v) is 5.49. The summed E-state index contributed by atoms with van der Waals surface area (Å²) in [5.41, 5.74) is 0. The van der Waals surface area contributed by atoms with Gasteiger partial charge in [0.25, 0.3) is 0 Å². The number of amides is 3. The monoisotopic (exact) mass is 253 g/mol. The average Bonchev–Trinajstić information content (AvgIpc) is 2.98. The molecular weight excluding hydrogens is 230 g/mol. The fraction of sp³-hybridized carbons (Fsp3) is 0.846. The van der Waals surface area contributed by atoms with Crippen molar-refractivity contribution in [3.05, 3.63) is 0 Å². The van der Waals surface area contributed by atoms with Crippen LogP contribution in [0.5, 0.6) is 0 Å². The van der Waals surface area contributed by atoms with Gasteiger partial charge in [-0.2, -0.15) is 0 Å². The molecular formula is C13H23N3O2. The van der Waals surface area contributed by atoms with Crippen molar-refractivity contribution in [1.82, 2.24) is 15.1 Å². The molecule has 1 atom stereocenters. The number of likely N-dealkylation sites (tertiary alicyclic amines) is 2. The number of carbonyl (C=O) groups is 2. The van der Waals surface area contributed by atoms with Crippen LogP contribution >= 0.6 is 0 Å². The van der Waals surface area contributed by atoms with Crippen molar-refractivity contribution in [3.8, 4) is 0 Å². The van der Waals surface area contributed by atoms with E-state index in [4.69, 9.17) is 0 Å². The van der Waals surface area contributed by atoms with Crippen LogP contribution in [0.4, 0.5) is 4.79 Å². The van der Waals surface area contributed by atoms with Gasteiger partial charge in [-0.3, -0.25) is 4.79 Å². The second-order valence-electron chi connectivity index (χ2n) is 5.49. The molecule has 0 radical (unpaired) electrons. The Morgan fingerprint density at radius 2 is 1.78 bits per heavy atom. The maximum Gasteiger partial charge on any atom is 0.318 e. The first-order valence-electron chi connectivity index (χ1n) is 6.95. The Balaban J connectivity index is 1.98. The smallest absolute Gasteiger partial charge is 0.318 e. The zero-order valence-corrected chi connectivity index (χ0v) is 11.3. The van der Waals surface area contributed by atoms with Crippen LogP contribution in [0.15, 0.2) is 0 Å². The van der Waals surface area contributed by atoms with E-state index in [9.17, 15) is 9.59 Å². The number of hydrogen-bond donors (Lipinski definition) is 1. The molecule has 18 heavy (non-hydrogen) atoms. The van der Waals surface area contributed by atoms with Gasteiger partial charge in [0.2, 0.25) is 5.91 Å². The average molecular weight is 253 g/mol. The summed E-state index contributed by atoms with van der Waals surface area (Å²) < 4.78 is 0. The van der Waals surface area contributed by atoms with Gasteiger partial charge in [0.1, 0.15) is 6.04 Å². The minimum absolute atomic E-state index is 0.0972. The summed E-state index contributed by atoms with van der Waals surface area (Å²) in [7, 11) is 0. The van der Waals surface area contributed by atoms with Gasteiger partial charge in [-0.15, -0.1) is 0 Å². The minimum Gasteiger partial charge on any atom is -0.341 e. The van der Waals surface area contributed by atoms with Gasteiger partial charge in [0.15, 0.2) is 0 Å². The predicted octanol–water partition coefficient (Wildman–Crippen LogP) is 1.19. The summed E-state index contributed by atoms with van der Waals surface area (Å²) in [5, 5.41) is 2.88. The van der Waals surface area contributed by atoms with Gasteiger partial charge in [0.05, 0.1) is 0 Å². The Morgan fingerprint density at radius 3 is 2.39 bits per heavy atom. The van der Waals surface area contributed by atoms with E-state index in [0.717, 1.165) is 38.8 Å². The third-order valence-electron chi connectivity index (χ3n) is 3.63. The SMILES string of the molecule is CC(C)NC(=O)N1CCC[C@@H]1C(=O)N1CCCC1. The van der Waals surface area contributed by atoms with Crippen LogP contribution in [-0.4, -0.2) is 53.5 Å². The fourth-order valence-corrected chi connectivity index (χ4v) is 2.74. The van der Waals surface area contributed by atoms with Crippen molar-refractivity contribution >= 4 is 11.9 Å². The number of hydrogen-bond acceptors (Lipinski definition) is 2. The quantitative estimate of drug-likeness (QED) is 0.803. The first kappa shape index (κ1) is 13.2. The van der Waals surface area contributed by atoms with Gasteiger partial charge in [-0.25, -0.2) is 4.79 Å². The lowest BCUT2D eigenvalue weighted by Crippen LogP contribution is -2.51. The maximum absolute atomic E-state index is 12.4. The predicted molar refractivity (Wildman–Crippen MR) is 69.2 cm³/mol. The Morgan fingerprint density at radius 1 is 1.11 bits per heavy atom. The molecule has 0 aromatic rings. The summed E-state index contributed by atoms with van der Waals surface area (Å²) in [5.74, 6) is 0.143. The van der Waals surface area contributed by atoms with Crippen molar-refractivity contribution < 1.29 is 9.59 Å². The molecule has 0 aromatic carbocycles. The summed E-state index contributed by atoms with van der Waals surface area (Å²) in [4.78, 5) is 28.0. The van der Waals surface area contributed by atoms with Crippen LogP contribution in [0, 0.1) is 0 Å². The lowest BCUT2D eigenvalue weighted by atomic mass is 10.2. The summed E-state index contributed by atoms with van der Waals surface area (Å²) in [6, 6.07) is -0.220. The maximum atomic E-state index is 12.4. The summed E-state index contributed by atoms with van der Waals surface area (Å²) in [6.45, 7) is 6.28. The van der Waals surface area contributed by atoms with E-state index < -0.39 is 0 Å². The van der Waals surface area contributed by atoms with Crippen LogP contribution in [0.3, 0.4) is 0 Å². The van der Waals surface area contributed by atoms with E-state index in [0.29, 0.717) is 6.54 Å². The molecule has 2 rings (SSSR count). The van der Waals surface area contributed by atoms with E-state index in [-0.39, 0.29) is 24.0 Å². The molecule has 2 fully saturated rings. The van der Waals surface area contributed by atoms with Crippen LogP contribution < -0.4 is 5.32 Å². The van der Waals surface area contributed by atoms with Crippen LogP contribution in [0.1, 0.15) is 39.5 Å². The van der Waals surface area contributed by atoms with Crippen LogP contribution in [0.2, 0.25) is 0 Å². The van der Waals surface area contributed by atoms with Crippen molar-refractivity contribution in [2.45, 2.75) is 51.6 Å². The minimum atomic E-state index is -0.234. The highest BCUT2D eigenvalue weighted by Crippen LogP contribution is 2.21.